The van der Waals surface area contributed by atoms with Gasteiger partial charge in [0.1, 0.15) is 0 Å². The lowest BCUT2D eigenvalue weighted by atomic mass is 10.4. The van der Waals surface area contributed by atoms with E-state index in [1.807, 2.05) is 0 Å². The highest BCUT2D eigenvalue weighted by Gasteiger charge is 2.10. The van der Waals surface area contributed by atoms with Crippen LogP contribution in [0.1, 0.15) is 6.42 Å². The zero-order chi connectivity index (χ0) is 13.9. The fourth-order valence-corrected chi connectivity index (χ4v) is 1.75. The predicted molar refractivity (Wildman–Crippen MR) is 71.8 cm³/mol. The van der Waals surface area contributed by atoms with Gasteiger partial charge < -0.3 is 20.7 Å². The quantitative estimate of drug-likeness (QED) is 0.484. The fraction of sp³-hybridized carbons (Fsp3) is 0.833. The van der Waals surface area contributed by atoms with Crippen LogP contribution in [0, 0.1) is 0 Å². The lowest BCUT2D eigenvalue weighted by molar-refractivity contribution is -0.126. The Bertz CT molecular complexity index is 280. The van der Waals surface area contributed by atoms with E-state index in [0.29, 0.717) is 19.5 Å². The summed E-state index contributed by atoms with van der Waals surface area (Å²) in [7, 11) is 1.78. The molecule has 0 bridgehead atoms. The maximum Gasteiger partial charge on any atom is 0.239 e. The summed E-state index contributed by atoms with van der Waals surface area (Å²) in [6, 6.07) is 0. The van der Waals surface area contributed by atoms with Crippen molar-refractivity contribution >= 4 is 11.8 Å². The van der Waals surface area contributed by atoms with Crippen molar-refractivity contribution in [2.75, 3.05) is 59.5 Å². The monoisotopic (exact) mass is 272 g/mol. The van der Waals surface area contributed by atoms with E-state index in [9.17, 15) is 9.59 Å². The summed E-state index contributed by atoms with van der Waals surface area (Å²) in [5, 5.41) is 8.25. The van der Waals surface area contributed by atoms with Crippen LogP contribution in [-0.2, 0) is 14.3 Å². The highest BCUT2D eigenvalue weighted by Crippen LogP contribution is 1.94. The first-order valence-electron chi connectivity index (χ1n) is 6.70. The molecular formula is C12H24N4O3. The summed E-state index contributed by atoms with van der Waals surface area (Å²) < 4.78 is 5.24. The van der Waals surface area contributed by atoms with E-state index in [1.54, 1.807) is 7.05 Å². The predicted octanol–water partition coefficient (Wildman–Crippen LogP) is -1.84. The SMILES string of the molecule is CNCCC(=O)NCC(=O)NCCN1CCOCC1. The van der Waals surface area contributed by atoms with Gasteiger partial charge in [-0.1, -0.05) is 0 Å². The minimum atomic E-state index is -0.147. The molecule has 19 heavy (non-hydrogen) atoms. The van der Waals surface area contributed by atoms with E-state index < -0.39 is 0 Å². The van der Waals surface area contributed by atoms with Gasteiger partial charge in [-0.25, -0.2) is 0 Å². The summed E-state index contributed by atoms with van der Waals surface area (Å²) in [5.41, 5.74) is 0. The highest BCUT2D eigenvalue weighted by molar-refractivity contribution is 5.84. The van der Waals surface area contributed by atoms with Gasteiger partial charge in [-0.2, -0.15) is 0 Å². The number of morpholine rings is 1. The maximum atomic E-state index is 11.5. The van der Waals surface area contributed by atoms with Gasteiger partial charge in [0.2, 0.25) is 11.8 Å². The molecule has 1 aliphatic rings. The first kappa shape index (κ1) is 15.9. The highest BCUT2D eigenvalue weighted by atomic mass is 16.5. The van der Waals surface area contributed by atoms with Gasteiger partial charge in [0.25, 0.3) is 0 Å². The van der Waals surface area contributed by atoms with Gasteiger partial charge >= 0.3 is 0 Å². The molecule has 7 nitrogen and oxygen atoms in total. The Morgan fingerprint density at radius 1 is 1.11 bits per heavy atom. The Labute approximate surface area is 114 Å². The number of nitrogens with one attached hydrogen (secondary N) is 3. The number of rotatable bonds is 8. The van der Waals surface area contributed by atoms with Crippen LogP contribution < -0.4 is 16.0 Å². The molecule has 2 amide bonds. The maximum absolute atomic E-state index is 11.5. The van der Waals surface area contributed by atoms with E-state index in [0.717, 1.165) is 32.8 Å². The molecular weight excluding hydrogens is 248 g/mol. The molecule has 0 radical (unpaired) electrons. The minimum absolute atomic E-state index is 0.0473. The molecule has 1 rings (SSSR count). The van der Waals surface area contributed by atoms with Crippen molar-refractivity contribution in [1.29, 1.82) is 0 Å². The van der Waals surface area contributed by atoms with Crippen LogP contribution >= 0.6 is 0 Å². The second-order valence-electron chi connectivity index (χ2n) is 4.43. The lowest BCUT2D eigenvalue weighted by Crippen LogP contribution is -2.43. The molecule has 0 aromatic heterocycles. The van der Waals surface area contributed by atoms with Gasteiger partial charge in [-0.05, 0) is 7.05 Å². The molecule has 0 spiro atoms. The van der Waals surface area contributed by atoms with Gasteiger partial charge in [0.05, 0.1) is 19.8 Å². The Morgan fingerprint density at radius 3 is 2.53 bits per heavy atom. The zero-order valence-corrected chi connectivity index (χ0v) is 11.5. The van der Waals surface area contributed by atoms with Crippen molar-refractivity contribution < 1.29 is 14.3 Å². The number of carbonyl (C=O) groups is 2. The third kappa shape index (κ3) is 7.76. The molecule has 1 heterocycles. The van der Waals surface area contributed by atoms with E-state index in [-0.39, 0.29) is 18.4 Å². The van der Waals surface area contributed by atoms with Crippen molar-refractivity contribution in [3.05, 3.63) is 0 Å². The molecule has 1 fully saturated rings. The number of hydrogen-bond donors (Lipinski definition) is 3. The molecule has 0 aromatic rings. The van der Waals surface area contributed by atoms with Crippen molar-refractivity contribution in [2.45, 2.75) is 6.42 Å². The largest absolute Gasteiger partial charge is 0.379 e. The number of hydrogen-bond acceptors (Lipinski definition) is 5. The van der Waals surface area contributed by atoms with Crippen molar-refractivity contribution in [3.63, 3.8) is 0 Å². The van der Waals surface area contributed by atoms with Gasteiger partial charge in [-0.15, -0.1) is 0 Å². The fourth-order valence-electron chi connectivity index (χ4n) is 1.75. The smallest absolute Gasteiger partial charge is 0.239 e. The van der Waals surface area contributed by atoms with E-state index >= 15 is 0 Å². The van der Waals surface area contributed by atoms with Crippen molar-refractivity contribution in [2.24, 2.45) is 0 Å². The summed E-state index contributed by atoms with van der Waals surface area (Å²) in [4.78, 5) is 25.0. The Kier molecular flexibility index (Phi) is 8.11. The molecule has 1 aliphatic heterocycles. The Hall–Kier alpha value is -1.18. The first-order chi connectivity index (χ1) is 9.22. The number of carbonyl (C=O) groups excluding carboxylic acids is 2. The average molecular weight is 272 g/mol. The topological polar surface area (TPSA) is 82.7 Å². The third-order valence-electron chi connectivity index (χ3n) is 2.90. The molecule has 0 aliphatic carbocycles. The summed E-state index contributed by atoms with van der Waals surface area (Å²) in [5.74, 6) is -0.260. The van der Waals surface area contributed by atoms with E-state index in [1.165, 1.54) is 0 Å². The average Bonchev–Trinajstić information content (AvgIpc) is 2.44. The number of amides is 2. The number of nitrogens with zero attached hydrogens (tertiary/aromatic N) is 1. The number of ether oxygens (including phenoxy) is 1. The van der Waals surface area contributed by atoms with Crippen LogP contribution in [0.5, 0.6) is 0 Å². The van der Waals surface area contributed by atoms with Crippen LogP contribution in [0.3, 0.4) is 0 Å². The van der Waals surface area contributed by atoms with Crippen molar-refractivity contribution in [3.8, 4) is 0 Å². The van der Waals surface area contributed by atoms with Crippen LogP contribution in [0.25, 0.3) is 0 Å². The molecule has 3 N–H and O–H groups in total. The second kappa shape index (κ2) is 9.71. The van der Waals surface area contributed by atoms with E-state index in [4.69, 9.17) is 4.74 Å². The summed E-state index contributed by atoms with van der Waals surface area (Å²) in [6.45, 7) is 5.43. The molecule has 1 saturated heterocycles. The lowest BCUT2D eigenvalue weighted by Gasteiger charge is -2.26. The van der Waals surface area contributed by atoms with Crippen LogP contribution in [-0.4, -0.2) is 76.2 Å². The van der Waals surface area contributed by atoms with Crippen LogP contribution in [0.4, 0.5) is 0 Å². The van der Waals surface area contributed by atoms with Crippen LogP contribution in [0.2, 0.25) is 0 Å². The molecule has 7 heteroatoms. The van der Waals surface area contributed by atoms with Gasteiger partial charge in [0, 0.05) is 39.1 Å². The zero-order valence-electron chi connectivity index (χ0n) is 11.5. The van der Waals surface area contributed by atoms with Crippen LogP contribution in [0.15, 0.2) is 0 Å². The minimum Gasteiger partial charge on any atom is -0.379 e. The van der Waals surface area contributed by atoms with Crippen molar-refractivity contribution in [1.82, 2.24) is 20.9 Å². The normalized spacial score (nSPS) is 16.1. The molecule has 0 saturated carbocycles. The van der Waals surface area contributed by atoms with Gasteiger partial charge in [-0.3, -0.25) is 14.5 Å². The van der Waals surface area contributed by atoms with E-state index in [2.05, 4.69) is 20.9 Å². The molecule has 0 unspecified atom stereocenters. The summed E-state index contributed by atoms with van der Waals surface area (Å²) >= 11 is 0. The second-order valence-corrected chi connectivity index (χ2v) is 4.43. The Morgan fingerprint density at radius 2 is 1.84 bits per heavy atom. The third-order valence-corrected chi connectivity index (χ3v) is 2.90. The molecule has 0 aromatic carbocycles. The first-order valence-corrected chi connectivity index (χ1v) is 6.70. The Balaban J connectivity index is 1.99. The van der Waals surface area contributed by atoms with Gasteiger partial charge in [0.15, 0.2) is 0 Å². The summed E-state index contributed by atoms with van der Waals surface area (Å²) in [6.07, 6.45) is 0.386. The molecule has 110 valence electrons. The standard InChI is InChI=1S/C12H24N4O3/c1-13-3-2-11(17)15-10-12(18)14-4-5-16-6-8-19-9-7-16/h13H,2-10H2,1H3,(H,14,18)(H,15,17). The molecule has 0 atom stereocenters.